The highest BCUT2D eigenvalue weighted by molar-refractivity contribution is 7.90. The molecule has 246 valence electrons. The number of carbonyl (C=O) groups excluding carboxylic acids is 4. The van der Waals surface area contributed by atoms with E-state index in [-0.39, 0.29) is 37.4 Å². The maximum Gasteiger partial charge on any atom is 0.416 e. The Morgan fingerprint density at radius 1 is 1.02 bits per heavy atom. The lowest BCUT2D eigenvalue weighted by Gasteiger charge is -2.43. The summed E-state index contributed by atoms with van der Waals surface area (Å²) in [6.45, 7) is 4.64. The number of halogens is 4. The standard InChI is InChI=1S/C30H36F4N4O6S/c1-18(2)25(36-26(40)23-16-21(30(32,33)34)8-11-24(23)31)27(41)38-14-12-29(13-15-38,28(42)37(4)19(3)39)35-17-20-6-9-22(10-7-20)45(5,43)44/h6-11,16,18,25,35H,12-15,17H2,1-5H3,(H,36,40)/t25-/m1/s1. The fourth-order valence-corrected chi connectivity index (χ4v) is 5.60. The van der Waals surface area contributed by atoms with Crippen LogP contribution in [0.2, 0.25) is 0 Å². The lowest BCUT2D eigenvalue weighted by molar-refractivity contribution is -0.150. The molecule has 1 heterocycles. The molecule has 1 fully saturated rings. The highest BCUT2D eigenvalue weighted by Gasteiger charge is 2.45. The number of hydrogen-bond donors (Lipinski definition) is 2. The molecule has 10 nitrogen and oxygen atoms in total. The number of benzene rings is 2. The van der Waals surface area contributed by atoms with Crippen LogP contribution in [0.3, 0.4) is 0 Å². The van der Waals surface area contributed by atoms with Crippen LogP contribution in [0.4, 0.5) is 17.6 Å². The van der Waals surface area contributed by atoms with Gasteiger partial charge in [-0.05, 0) is 54.7 Å². The van der Waals surface area contributed by atoms with Gasteiger partial charge in [0.2, 0.25) is 17.7 Å². The molecule has 4 amide bonds. The number of alkyl halides is 3. The third-order valence-electron chi connectivity index (χ3n) is 7.86. The number of likely N-dealkylation sites (tertiary alicyclic amines) is 1. The van der Waals surface area contributed by atoms with Crippen molar-refractivity contribution in [2.24, 2.45) is 5.92 Å². The molecule has 2 N–H and O–H groups in total. The largest absolute Gasteiger partial charge is 0.416 e. The van der Waals surface area contributed by atoms with E-state index in [4.69, 9.17) is 0 Å². The molecule has 0 saturated carbocycles. The van der Waals surface area contributed by atoms with Crippen LogP contribution in [0.25, 0.3) is 0 Å². The van der Waals surface area contributed by atoms with E-state index >= 15 is 0 Å². The summed E-state index contributed by atoms with van der Waals surface area (Å²) in [5, 5.41) is 5.57. The van der Waals surface area contributed by atoms with Crippen LogP contribution in [0.15, 0.2) is 47.4 Å². The number of rotatable bonds is 9. The lowest BCUT2D eigenvalue weighted by atomic mass is 9.85. The van der Waals surface area contributed by atoms with Gasteiger partial charge in [-0.15, -0.1) is 0 Å². The molecule has 0 unspecified atom stereocenters. The fraction of sp³-hybridized carbons (Fsp3) is 0.467. The monoisotopic (exact) mass is 656 g/mol. The smallest absolute Gasteiger partial charge is 0.341 e. The molecule has 45 heavy (non-hydrogen) atoms. The quantitative estimate of drug-likeness (QED) is 0.397. The average molecular weight is 657 g/mol. The molecule has 1 saturated heterocycles. The second kappa shape index (κ2) is 13.6. The predicted octanol–water partition coefficient (Wildman–Crippen LogP) is 3.16. The predicted molar refractivity (Wildman–Crippen MR) is 156 cm³/mol. The van der Waals surface area contributed by atoms with Crippen LogP contribution in [0.5, 0.6) is 0 Å². The number of imide groups is 1. The summed E-state index contributed by atoms with van der Waals surface area (Å²) >= 11 is 0. The molecule has 0 aliphatic carbocycles. The summed E-state index contributed by atoms with van der Waals surface area (Å²) in [4.78, 5) is 54.5. The van der Waals surface area contributed by atoms with E-state index in [0.717, 1.165) is 11.2 Å². The van der Waals surface area contributed by atoms with E-state index in [2.05, 4.69) is 10.6 Å². The van der Waals surface area contributed by atoms with Crippen LogP contribution < -0.4 is 10.6 Å². The minimum atomic E-state index is -4.81. The zero-order valence-electron chi connectivity index (χ0n) is 25.5. The zero-order chi connectivity index (χ0) is 33.9. The van der Waals surface area contributed by atoms with Gasteiger partial charge in [0.1, 0.15) is 17.4 Å². The Kier molecular flexibility index (Phi) is 10.8. The van der Waals surface area contributed by atoms with Crippen LogP contribution >= 0.6 is 0 Å². The summed E-state index contributed by atoms with van der Waals surface area (Å²) in [7, 11) is -2.07. The van der Waals surface area contributed by atoms with Crippen LogP contribution in [0.1, 0.15) is 55.1 Å². The molecule has 2 aromatic rings. The molecule has 2 aromatic carbocycles. The number of nitrogens with one attached hydrogen (secondary N) is 2. The van der Waals surface area contributed by atoms with Gasteiger partial charge in [-0.25, -0.2) is 12.8 Å². The van der Waals surface area contributed by atoms with Crippen molar-refractivity contribution in [2.75, 3.05) is 26.4 Å². The first-order valence-corrected chi connectivity index (χ1v) is 15.9. The maximum atomic E-state index is 14.3. The zero-order valence-corrected chi connectivity index (χ0v) is 26.3. The topological polar surface area (TPSA) is 133 Å². The Balaban J connectivity index is 1.79. The Hall–Kier alpha value is -3.85. The summed E-state index contributed by atoms with van der Waals surface area (Å²) in [5.74, 6) is -4.48. The van der Waals surface area contributed by atoms with E-state index in [1.165, 1.54) is 31.0 Å². The van der Waals surface area contributed by atoms with Crippen molar-refractivity contribution in [1.29, 1.82) is 0 Å². The van der Waals surface area contributed by atoms with E-state index < -0.39 is 74.1 Å². The molecule has 0 spiro atoms. The number of sulfone groups is 1. The Bertz CT molecular complexity index is 1550. The van der Waals surface area contributed by atoms with Crippen molar-refractivity contribution in [3.8, 4) is 0 Å². The Labute approximate surface area is 259 Å². The molecule has 1 aliphatic rings. The summed E-state index contributed by atoms with van der Waals surface area (Å²) < 4.78 is 77.4. The first kappa shape index (κ1) is 35.6. The molecule has 3 rings (SSSR count). The van der Waals surface area contributed by atoms with Gasteiger partial charge in [-0.3, -0.25) is 29.4 Å². The minimum Gasteiger partial charge on any atom is -0.341 e. The number of amides is 4. The van der Waals surface area contributed by atoms with Gasteiger partial charge in [0, 0.05) is 39.9 Å². The van der Waals surface area contributed by atoms with Gasteiger partial charge in [0.05, 0.1) is 16.0 Å². The lowest BCUT2D eigenvalue weighted by Crippen LogP contribution is -2.64. The third-order valence-corrected chi connectivity index (χ3v) is 8.98. The van der Waals surface area contributed by atoms with E-state index in [9.17, 15) is 45.2 Å². The molecule has 0 aromatic heterocycles. The normalized spacial score (nSPS) is 15.8. The molecular formula is C30H36F4N4O6S. The second-order valence-corrected chi connectivity index (χ2v) is 13.5. The first-order chi connectivity index (χ1) is 20.8. The first-order valence-electron chi connectivity index (χ1n) is 14.1. The maximum absolute atomic E-state index is 14.3. The summed E-state index contributed by atoms with van der Waals surface area (Å²) in [6, 6.07) is 6.30. The van der Waals surface area contributed by atoms with E-state index in [0.29, 0.717) is 23.8 Å². The molecular weight excluding hydrogens is 620 g/mol. The average Bonchev–Trinajstić information content (AvgIpc) is 2.97. The van der Waals surface area contributed by atoms with Gasteiger partial charge in [0.15, 0.2) is 9.84 Å². The number of hydrogen-bond acceptors (Lipinski definition) is 7. The SMILES string of the molecule is CC(=O)N(C)C(=O)C1(NCc2ccc(S(C)(=O)=O)cc2)CCN(C(=O)[C@H](NC(=O)c2cc(C(F)(F)F)ccc2F)C(C)C)CC1. The highest BCUT2D eigenvalue weighted by atomic mass is 32.2. The molecule has 1 atom stereocenters. The van der Waals surface area contributed by atoms with Crippen LogP contribution in [-0.4, -0.2) is 79.8 Å². The van der Waals surface area contributed by atoms with Gasteiger partial charge in [-0.2, -0.15) is 13.2 Å². The molecule has 0 radical (unpaired) electrons. The van der Waals surface area contributed by atoms with Crippen molar-refractivity contribution < 1.29 is 45.2 Å². The number of likely N-dealkylation sites (N-methyl/N-ethyl adjacent to an activating group) is 1. The summed E-state index contributed by atoms with van der Waals surface area (Å²) in [5.41, 5.74) is -2.67. The van der Waals surface area contributed by atoms with Crippen molar-refractivity contribution in [3.05, 3.63) is 65.0 Å². The molecule has 15 heteroatoms. The van der Waals surface area contributed by atoms with Crippen LogP contribution in [0, 0.1) is 11.7 Å². The number of piperidine rings is 1. The molecule has 1 aliphatic heterocycles. The van der Waals surface area contributed by atoms with E-state index in [1.54, 1.807) is 26.0 Å². The third kappa shape index (κ3) is 8.45. The van der Waals surface area contributed by atoms with Gasteiger partial charge in [0.25, 0.3) is 5.91 Å². The van der Waals surface area contributed by atoms with Crippen molar-refractivity contribution in [3.63, 3.8) is 0 Å². The van der Waals surface area contributed by atoms with Gasteiger partial charge in [-0.1, -0.05) is 26.0 Å². The number of nitrogens with zero attached hydrogens (tertiary/aromatic N) is 2. The summed E-state index contributed by atoms with van der Waals surface area (Å²) in [6.07, 6.45) is -3.59. The van der Waals surface area contributed by atoms with Crippen LogP contribution in [-0.2, 0) is 36.9 Å². The van der Waals surface area contributed by atoms with Gasteiger partial charge >= 0.3 is 6.18 Å². The minimum absolute atomic E-state index is 0.0212. The number of carbonyl (C=O) groups is 4. The van der Waals surface area contributed by atoms with Crippen molar-refractivity contribution >= 4 is 33.5 Å². The Morgan fingerprint density at radius 2 is 1.60 bits per heavy atom. The van der Waals surface area contributed by atoms with Gasteiger partial charge < -0.3 is 10.2 Å². The fourth-order valence-electron chi connectivity index (χ4n) is 4.97. The van der Waals surface area contributed by atoms with Crippen molar-refractivity contribution in [2.45, 2.75) is 62.8 Å². The van der Waals surface area contributed by atoms with E-state index in [1.807, 2.05) is 0 Å². The van der Waals surface area contributed by atoms with Crippen molar-refractivity contribution in [1.82, 2.24) is 20.4 Å². The Morgan fingerprint density at radius 3 is 2.09 bits per heavy atom. The highest BCUT2D eigenvalue weighted by Crippen LogP contribution is 2.31. The molecule has 0 bridgehead atoms. The second-order valence-electron chi connectivity index (χ2n) is 11.4.